The van der Waals surface area contributed by atoms with Crippen LogP contribution in [0.4, 0.5) is 0 Å². The molecule has 0 bridgehead atoms. The molecule has 1 aromatic rings. The van der Waals surface area contributed by atoms with Gasteiger partial charge in [0, 0.05) is 44.1 Å². The van der Waals surface area contributed by atoms with Crippen LogP contribution in [-0.4, -0.2) is 217 Å². The number of likely N-dealkylation sites (N-methyl/N-ethyl adjacent to an activating group) is 1. The minimum Gasteiger partial charge on any atom is -0.394 e. The number of aliphatic imine (C=N–C) groups is 1. The number of nitrogens with two attached hydrogens (primary N) is 4. The molecule has 19 N–H and O–H groups in total. The number of amides is 12. The van der Waals surface area contributed by atoms with Gasteiger partial charge in [-0.1, -0.05) is 85.5 Å². The zero-order valence-electron chi connectivity index (χ0n) is 53.4. The molecule has 3 aliphatic heterocycles. The van der Waals surface area contributed by atoms with Crippen LogP contribution in [0.1, 0.15) is 129 Å². The molecule has 0 aromatic heterocycles. The van der Waals surface area contributed by atoms with Crippen LogP contribution in [-0.2, 0) is 64.0 Å². The Morgan fingerprint density at radius 1 is 0.685 bits per heavy atom. The highest BCUT2D eigenvalue weighted by atomic mass is 33.1. The second-order valence-electron chi connectivity index (χ2n) is 23.6. The van der Waals surface area contributed by atoms with Crippen LogP contribution in [0.25, 0.3) is 0 Å². The number of aliphatic hydroxyl groups excluding tert-OH is 1. The molecule has 92 heavy (non-hydrogen) atoms. The lowest BCUT2D eigenvalue weighted by atomic mass is 10.0. The van der Waals surface area contributed by atoms with Gasteiger partial charge in [0.25, 0.3) is 0 Å². The van der Waals surface area contributed by atoms with Crippen molar-refractivity contribution in [3.8, 4) is 0 Å². The monoisotopic (exact) mass is 1330 g/mol. The van der Waals surface area contributed by atoms with Crippen molar-refractivity contribution in [3.05, 3.63) is 35.9 Å². The summed E-state index contributed by atoms with van der Waals surface area (Å²) in [6.07, 6.45) is 5.62. The first-order chi connectivity index (χ1) is 44.0. The zero-order valence-corrected chi connectivity index (χ0v) is 55.1. The number of rotatable bonds is 35. The van der Waals surface area contributed by atoms with Crippen molar-refractivity contribution < 1.29 is 62.6 Å². The van der Waals surface area contributed by atoms with Crippen LogP contribution >= 0.6 is 21.6 Å². The Balaban J connectivity index is 1.51. The normalized spacial score (nSPS) is 21.0. The van der Waals surface area contributed by atoms with Crippen LogP contribution in [0.3, 0.4) is 0 Å². The number of carbonyl (C=O) groups is 12. The molecule has 12 amide bonds. The molecule has 32 heteroatoms. The van der Waals surface area contributed by atoms with Crippen molar-refractivity contribution in [3.63, 3.8) is 0 Å². The lowest BCUT2D eigenvalue weighted by molar-refractivity contribution is -0.142. The summed E-state index contributed by atoms with van der Waals surface area (Å²) in [5, 5.41) is 37.7. The number of carbonyl (C=O) groups excluding carboxylic acids is 12. The van der Waals surface area contributed by atoms with E-state index in [1.165, 1.54) is 9.80 Å². The van der Waals surface area contributed by atoms with Gasteiger partial charge in [-0.15, -0.1) is 0 Å². The molecular weight excluding hydrogens is 1230 g/mol. The Hall–Kier alpha value is -7.29. The lowest BCUT2D eigenvalue weighted by Gasteiger charge is -2.31. The van der Waals surface area contributed by atoms with Gasteiger partial charge in [-0.05, 0) is 115 Å². The van der Waals surface area contributed by atoms with Crippen LogP contribution in [0.15, 0.2) is 35.3 Å². The Bertz CT molecular complexity index is 2660. The smallest absolute Gasteiger partial charge is 0.245 e. The molecule has 514 valence electrons. The highest BCUT2D eigenvalue weighted by Crippen LogP contribution is 2.26. The summed E-state index contributed by atoms with van der Waals surface area (Å²) in [7, 11) is 3.60. The van der Waals surface area contributed by atoms with Gasteiger partial charge in [-0.2, -0.15) is 0 Å². The predicted molar refractivity (Wildman–Crippen MR) is 349 cm³/mol. The summed E-state index contributed by atoms with van der Waals surface area (Å²) < 4.78 is 0. The first-order valence-electron chi connectivity index (χ1n) is 31.9. The van der Waals surface area contributed by atoms with E-state index in [0.717, 1.165) is 33.6 Å². The van der Waals surface area contributed by atoms with Crippen molar-refractivity contribution in [2.45, 2.75) is 190 Å². The predicted octanol–water partition coefficient (Wildman–Crippen LogP) is -3.11. The van der Waals surface area contributed by atoms with Crippen LogP contribution in [0, 0.1) is 5.92 Å². The molecule has 0 spiro atoms. The summed E-state index contributed by atoms with van der Waals surface area (Å²) in [5.74, 6) is -8.78. The number of nitrogens with one attached hydrogen (secondary N) is 10. The minimum atomic E-state index is -1.63. The Morgan fingerprint density at radius 3 is 1.93 bits per heavy atom. The quantitative estimate of drug-likeness (QED) is 0.0138. The Labute approximate surface area is 546 Å². The molecule has 4 rings (SSSR count). The van der Waals surface area contributed by atoms with E-state index in [1.807, 2.05) is 37.3 Å². The molecule has 3 saturated heterocycles. The van der Waals surface area contributed by atoms with Gasteiger partial charge < -0.3 is 91.0 Å². The zero-order chi connectivity index (χ0) is 67.7. The first-order valence-corrected chi connectivity index (χ1v) is 34.4. The van der Waals surface area contributed by atoms with E-state index in [2.05, 4.69) is 58.2 Å². The van der Waals surface area contributed by atoms with E-state index in [4.69, 9.17) is 22.9 Å². The van der Waals surface area contributed by atoms with Gasteiger partial charge >= 0.3 is 0 Å². The molecule has 3 aliphatic rings. The van der Waals surface area contributed by atoms with Gasteiger partial charge in [0.1, 0.15) is 54.4 Å². The van der Waals surface area contributed by atoms with E-state index in [1.54, 1.807) is 20.9 Å². The Kier molecular flexibility index (Phi) is 34.7. The van der Waals surface area contributed by atoms with Gasteiger partial charge in [0.15, 0.2) is 5.96 Å². The van der Waals surface area contributed by atoms with Gasteiger partial charge in [0.2, 0.25) is 70.9 Å². The van der Waals surface area contributed by atoms with Crippen LogP contribution in [0.5, 0.6) is 0 Å². The van der Waals surface area contributed by atoms with Crippen molar-refractivity contribution >= 4 is 98.4 Å². The third-order valence-corrected chi connectivity index (χ3v) is 18.3. The van der Waals surface area contributed by atoms with Gasteiger partial charge in [-0.3, -0.25) is 62.5 Å². The maximum atomic E-state index is 14.5. The highest BCUT2D eigenvalue weighted by molar-refractivity contribution is 8.76. The standard InChI is InChI=1S/C60H99N17O13S2/c1-5-6-18-39(50(81)66-28-25-37-16-8-7-9-17-37)70-57(88)46-22-14-29-76(46)49(80)32-68-51(82)40(19-10-11-26-61)69-55(86)44-34-91-92-35-45(56(87)72-42(31-36(2)3)53(84)73-43(33-78)54(85)74-44)75-58(89)47-23-15-30-77(47)59(90)41(21-13-27-67-60(63)64)71-52(83)38(65-4)20-12-24-48(62)79/h7-9,16-17,36,38-47,65,78H,5-6,10-15,18-35,61H2,1-4H3,(H2,62,79)(H,66,81)(H,68,82)(H,69,86)(H,70,88)(H,71,83)(H,72,87)(H,73,84)(H,74,85)(H,75,89)(H4,63,64,67)/t38-,39+,40-,41-,42-,43-,44-,45-,46-,47-/m0/s1. The molecule has 0 unspecified atom stereocenters. The molecule has 0 aliphatic carbocycles. The number of guanidine groups is 1. The average Bonchev–Trinajstić information content (AvgIpc) is 1.84. The summed E-state index contributed by atoms with van der Waals surface area (Å²) in [6.45, 7) is 5.15. The van der Waals surface area contributed by atoms with Crippen LogP contribution in [0.2, 0.25) is 0 Å². The van der Waals surface area contributed by atoms with Crippen molar-refractivity contribution in [2.24, 2.45) is 33.8 Å². The molecule has 0 saturated carbocycles. The number of unbranched alkanes of at least 4 members (excludes halogenated alkanes) is 2. The SMILES string of the molecule is CCCC[C@@H](NC(=O)[C@@H]1CCCN1C(=O)CNC(=O)[C@H](CCCCN)NC(=O)[C@@H]1CSSC[C@H](NC(=O)[C@@H]2CCCN2C(=O)[C@H](CCCN=C(N)N)NC(=O)[C@H](CCCC(N)=O)NC)C(=O)N[C@@H](CC(C)C)C(=O)N[C@@H](CO)C(=O)N1)C(=O)NCCc1ccccc1. The summed E-state index contributed by atoms with van der Waals surface area (Å²) >= 11 is 0. The maximum Gasteiger partial charge on any atom is 0.245 e. The average molecular weight is 1330 g/mol. The number of nitrogens with zero attached hydrogens (tertiary/aromatic N) is 3. The molecule has 3 heterocycles. The van der Waals surface area contributed by atoms with Crippen molar-refractivity contribution in [1.29, 1.82) is 0 Å². The fourth-order valence-corrected chi connectivity index (χ4v) is 13.1. The van der Waals surface area contributed by atoms with Crippen LogP contribution < -0.4 is 76.1 Å². The van der Waals surface area contributed by atoms with E-state index in [0.29, 0.717) is 64.3 Å². The van der Waals surface area contributed by atoms with Gasteiger partial charge in [-0.25, -0.2) is 0 Å². The number of likely N-dealkylation sites (tertiary alicyclic amines) is 2. The summed E-state index contributed by atoms with van der Waals surface area (Å²) in [5.41, 5.74) is 23.2. The second kappa shape index (κ2) is 41.3. The first kappa shape index (κ1) is 77.2. The fraction of sp³-hybridized carbons (Fsp3) is 0.683. The Morgan fingerprint density at radius 2 is 1.29 bits per heavy atom. The van der Waals surface area contributed by atoms with Crippen molar-refractivity contribution in [1.82, 2.24) is 63.0 Å². The summed E-state index contributed by atoms with van der Waals surface area (Å²) in [4.78, 5) is 172. The molecule has 1 aromatic carbocycles. The number of aliphatic hydroxyl groups is 1. The maximum absolute atomic E-state index is 14.5. The molecule has 10 atom stereocenters. The summed E-state index contributed by atoms with van der Waals surface area (Å²) in [6, 6.07) is -2.18. The van der Waals surface area contributed by atoms with E-state index in [9.17, 15) is 62.6 Å². The molecule has 3 fully saturated rings. The van der Waals surface area contributed by atoms with Gasteiger partial charge in [0.05, 0.1) is 19.2 Å². The lowest BCUT2D eigenvalue weighted by Crippen LogP contribution is -2.61. The van der Waals surface area contributed by atoms with Crippen molar-refractivity contribution in [2.75, 3.05) is 64.4 Å². The van der Waals surface area contributed by atoms with E-state index < -0.39 is 139 Å². The second-order valence-corrected chi connectivity index (χ2v) is 26.1. The molecule has 0 radical (unpaired) electrons. The molecule has 30 nitrogen and oxygen atoms in total. The number of benzene rings is 1. The number of hydrogen-bond acceptors (Lipinski definition) is 18. The number of hydrogen-bond donors (Lipinski definition) is 15. The topological polar surface area (TPSA) is 468 Å². The van der Waals surface area contributed by atoms with E-state index in [-0.39, 0.29) is 100 Å². The number of primary amides is 1. The third kappa shape index (κ3) is 26.4. The third-order valence-electron chi connectivity index (χ3n) is 15.9. The molecular formula is C60H99N17O13S2. The van der Waals surface area contributed by atoms with E-state index >= 15 is 0 Å². The highest BCUT2D eigenvalue weighted by Gasteiger charge is 2.41. The minimum absolute atomic E-state index is 0.0405. The fourth-order valence-electron chi connectivity index (χ4n) is 10.8. The largest absolute Gasteiger partial charge is 0.394 e.